The molecule has 0 aliphatic heterocycles. The molecule has 0 aromatic carbocycles. The number of nitrogens with zero attached hydrogens (tertiary/aromatic N) is 1. The topological polar surface area (TPSA) is 34.1 Å². The first kappa shape index (κ1) is 9.56. The lowest BCUT2D eigenvalue weighted by Crippen LogP contribution is -2.04. The summed E-state index contributed by atoms with van der Waals surface area (Å²) in [6.45, 7) is 4.18. The highest BCUT2D eigenvalue weighted by Crippen LogP contribution is 2.11. The number of terminal acetylenes is 1. The van der Waals surface area contributed by atoms with E-state index in [1.54, 1.807) is 6.20 Å². The molecule has 0 unspecified atom stereocenters. The second kappa shape index (κ2) is 4.48. The largest absolute Gasteiger partial charge is 0.262 e. The van der Waals surface area contributed by atoms with Gasteiger partial charge in [-0.3, -0.25) is 4.84 Å². The summed E-state index contributed by atoms with van der Waals surface area (Å²) in [6.07, 6.45) is 6.79. The summed E-state index contributed by atoms with van der Waals surface area (Å²) >= 11 is 0. The van der Waals surface area contributed by atoms with Crippen LogP contribution in [-0.4, -0.2) is 11.6 Å². The van der Waals surface area contributed by atoms with Crippen LogP contribution in [0.3, 0.4) is 0 Å². The molecule has 1 heterocycles. The molecule has 0 bridgehead atoms. The number of pyridine rings is 1. The van der Waals surface area contributed by atoms with Crippen LogP contribution in [0.25, 0.3) is 0 Å². The zero-order chi connectivity index (χ0) is 9.68. The van der Waals surface area contributed by atoms with Crippen molar-refractivity contribution in [3.8, 4) is 12.3 Å². The first-order valence-electron chi connectivity index (χ1n) is 3.98. The fraction of sp³-hybridized carbons (Fsp3) is 0.300. The van der Waals surface area contributed by atoms with E-state index in [1.807, 2.05) is 19.9 Å². The maximum atomic E-state index is 5.02. The Labute approximate surface area is 78.1 Å². The van der Waals surface area contributed by atoms with Crippen LogP contribution < -0.4 is 5.48 Å². The van der Waals surface area contributed by atoms with E-state index in [-0.39, 0.29) is 6.61 Å². The third-order valence-corrected chi connectivity index (χ3v) is 1.54. The van der Waals surface area contributed by atoms with Crippen LogP contribution in [-0.2, 0) is 4.84 Å². The zero-order valence-corrected chi connectivity index (χ0v) is 7.79. The maximum absolute atomic E-state index is 5.02. The minimum Gasteiger partial charge on any atom is -0.262 e. The highest BCUT2D eigenvalue weighted by atomic mass is 16.6. The van der Waals surface area contributed by atoms with Gasteiger partial charge >= 0.3 is 0 Å². The third kappa shape index (κ3) is 2.77. The van der Waals surface area contributed by atoms with Crippen molar-refractivity contribution in [2.45, 2.75) is 13.8 Å². The number of aryl methyl sites for hydroxylation is 2. The van der Waals surface area contributed by atoms with Crippen LogP contribution >= 0.6 is 0 Å². The second-order valence-corrected chi connectivity index (χ2v) is 2.77. The quantitative estimate of drug-likeness (QED) is 0.432. The molecule has 0 fully saturated rings. The molecule has 0 radical (unpaired) electrons. The van der Waals surface area contributed by atoms with Crippen LogP contribution in [0.2, 0.25) is 0 Å². The Morgan fingerprint density at radius 3 is 3.00 bits per heavy atom. The summed E-state index contributed by atoms with van der Waals surface area (Å²) in [6, 6.07) is 2.02. The molecule has 3 nitrogen and oxygen atoms in total. The first-order valence-corrected chi connectivity index (χ1v) is 3.98. The van der Waals surface area contributed by atoms with Crippen molar-refractivity contribution in [1.82, 2.24) is 4.98 Å². The normalized spacial score (nSPS) is 9.31. The average molecular weight is 176 g/mol. The van der Waals surface area contributed by atoms with Gasteiger partial charge in [-0.15, -0.1) is 6.42 Å². The van der Waals surface area contributed by atoms with Crippen LogP contribution in [0.4, 0.5) is 5.82 Å². The van der Waals surface area contributed by atoms with Crippen LogP contribution in [0.5, 0.6) is 0 Å². The van der Waals surface area contributed by atoms with Gasteiger partial charge in [0.25, 0.3) is 0 Å². The van der Waals surface area contributed by atoms with Crippen molar-refractivity contribution in [3.63, 3.8) is 0 Å². The van der Waals surface area contributed by atoms with Crippen molar-refractivity contribution >= 4 is 5.82 Å². The Morgan fingerprint density at radius 1 is 1.62 bits per heavy atom. The molecule has 3 heteroatoms. The van der Waals surface area contributed by atoms with Gasteiger partial charge in [0.2, 0.25) is 0 Å². The van der Waals surface area contributed by atoms with E-state index in [2.05, 4.69) is 16.4 Å². The van der Waals surface area contributed by atoms with Gasteiger partial charge in [0.05, 0.1) is 0 Å². The molecule has 0 spiro atoms. The Bertz CT molecular complexity index is 328. The summed E-state index contributed by atoms with van der Waals surface area (Å²) in [5, 5.41) is 0. The molecule has 0 aliphatic carbocycles. The van der Waals surface area contributed by atoms with E-state index in [9.17, 15) is 0 Å². The Hall–Kier alpha value is -1.53. The Kier molecular flexibility index (Phi) is 3.30. The minimum atomic E-state index is 0.231. The van der Waals surface area contributed by atoms with Crippen molar-refractivity contribution < 1.29 is 4.84 Å². The number of aromatic nitrogens is 1. The van der Waals surface area contributed by atoms with Gasteiger partial charge in [0, 0.05) is 6.20 Å². The first-order chi connectivity index (χ1) is 6.24. The van der Waals surface area contributed by atoms with Crippen molar-refractivity contribution in [2.24, 2.45) is 0 Å². The molecule has 1 aromatic rings. The number of rotatable bonds is 3. The zero-order valence-electron chi connectivity index (χ0n) is 7.79. The Balaban J connectivity index is 2.62. The van der Waals surface area contributed by atoms with Crippen LogP contribution in [0, 0.1) is 26.2 Å². The highest BCUT2D eigenvalue weighted by molar-refractivity contribution is 5.42. The summed E-state index contributed by atoms with van der Waals surface area (Å²) in [4.78, 5) is 9.09. The minimum absolute atomic E-state index is 0.231. The van der Waals surface area contributed by atoms with Crippen LogP contribution in [0.1, 0.15) is 11.1 Å². The lowest BCUT2D eigenvalue weighted by Gasteiger charge is -2.06. The molecule has 0 saturated heterocycles. The maximum Gasteiger partial charge on any atom is 0.152 e. The van der Waals surface area contributed by atoms with Crippen molar-refractivity contribution in [2.75, 3.05) is 12.1 Å². The van der Waals surface area contributed by atoms with E-state index in [0.717, 1.165) is 11.1 Å². The molecule has 0 atom stereocenters. The predicted molar refractivity (Wildman–Crippen MR) is 52.1 cm³/mol. The molecule has 1 rings (SSSR count). The van der Waals surface area contributed by atoms with Gasteiger partial charge in [-0.2, -0.15) is 0 Å². The standard InChI is InChI=1S/C10H12N2O/c1-4-5-13-12-10-9(3)6-8(2)7-11-10/h1,6-7H,5H2,2-3H3,(H,11,12). The third-order valence-electron chi connectivity index (χ3n) is 1.54. The monoisotopic (exact) mass is 176 g/mol. The second-order valence-electron chi connectivity index (χ2n) is 2.77. The molecular weight excluding hydrogens is 164 g/mol. The number of anilines is 1. The van der Waals surface area contributed by atoms with Gasteiger partial charge in [-0.1, -0.05) is 12.0 Å². The smallest absolute Gasteiger partial charge is 0.152 e. The fourth-order valence-electron chi connectivity index (χ4n) is 0.968. The van der Waals surface area contributed by atoms with Gasteiger partial charge in [-0.05, 0) is 25.0 Å². The molecular formula is C10H12N2O. The molecule has 1 aromatic heterocycles. The molecule has 13 heavy (non-hydrogen) atoms. The summed E-state index contributed by atoms with van der Waals surface area (Å²) in [5.74, 6) is 3.07. The summed E-state index contributed by atoms with van der Waals surface area (Å²) in [5.41, 5.74) is 4.85. The van der Waals surface area contributed by atoms with Gasteiger partial charge < -0.3 is 0 Å². The van der Waals surface area contributed by atoms with E-state index < -0.39 is 0 Å². The Morgan fingerprint density at radius 2 is 2.38 bits per heavy atom. The fourth-order valence-corrected chi connectivity index (χ4v) is 0.968. The number of hydrogen-bond donors (Lipinski definition) is 1. The van der Waals surface area contributed by atoms with E-state index >= 15 is 0 Å². The highest BCUT2D eigenvalue weighted by Gasteiger charge is 1.98. The summed E-state index contributed by atoms with van der Waals surface area (Å²) < 4.78 is 0. The van der Waals surface area contributed by atoms with Gasteiger partial charge in [0.1, 0.15) is 6.61 Å². The van der Waals surface area contributed by atoms with E-state index in [4.69, 9.17) is 11.3 Å². The van der Waals surface area contributed by atoms with Gasteiger partial charge in [-0.25, -0.2) is 10.5 Å². The molecule has 0 amide bonds. The van der Waals surface area contributed by atoms with E-state index in [1.165, 1.54) is 0 Å². The lowest BCUT2D eigenvalue weighted by atomic mass is 10.2. The molecule has 68 valence electrons. The molecule has 1 N–H and O–H groups in total. The van der Waals surface area contributed by atoms with E-state index in [0.29, 0.717) is 5.82 Å². The lowest BCUT2D eigenvalue weighted by molar-refractivity contribution is 0.232. The SMILES string of the molecule is C#CCONc1ncc(C)cc1C. The molecule has 0 aliphatic rings. The van der Waals surface area contributed by atoms with Crippen molar-refractivity contribution in [3.05, 3.63) is 23.4 Å². The van der Waals surface area contributed by atoms with Crippen LogP contribution in [0.15, 0.2) is 12.3 Å². The average Bonchev–Trinajstić information content (AvgIpc) is 2.09. The van der Waals surface area contributed by atoms with Gasteiger partial charge in [0.15, 0.2) is 5.82 Å². The molecule has 0 saturated carbocycles. The number of nitrogens with one attached hydrogen (secondary N) is 1. The predicted octanol–water partition coefficient (Wildman–Crippen LogP) is 1.68. The number of hydrogen-bond acceptors (Lipinski definition) is 3. The van der Waals surface area contributed by atoms with Crippen molar-refractivity contribution in [1.29, 1.82) is 0 Å². The summed E-state index contributed by atoms with van der Waals surface area (Å²) in [7, 11) is 0.